The number of para-hydroxylation sites is 1. The van der Waals surface area contributed by atoms with E-state index in [4.69, 9.17) is 0 Å². The molecule has 0 aliphatic heterocycles. The number of benzene rings is 1. The van der Waals surface area contributed by atoms with E-state index in [1.807, 2.05) is 26.0 Å². The van der Waals surface area contributed by atoms with Gasteiger partial charge in [-0.05, 0) is 25.5 Å². The van der Waals surface area contributed by atoms with Gasteiger partial charge in [0.05, 0.1) is 12.3 Å². The smallest absolute Gasteiger partial charge is 0.273 e. The first-order valence-electron chi connectivity index (χ1n) is 6.76. The molecule has 0 atom stereocenters. The second kappa shape index (κ2) is 6.34. The van der Waals surface area contributed by atoms with E-state index in [0.29, 0.717) is 23.5 Å². The Bertz CT molecular complexity index is 605. The number of amides is 1. The van der Waals surface area contributed by atoms with Crippen molar-refractivity contribution in [2.75, 3.05) is 5.32 Å². The van der Waals surface area contributed by atoms with Gasteiger partial charge in [0.15, 0.2) is 0 Å². The van der Waals surface area contributed by atoms with Gasteiger partial charge in [0.1, 0.15) is 5.69 Å². The van der Waals surface area contributed by atoms with E-state index in [9.17, 15) is 9.90 Å². The zero-order valence-electron chi connectivity index (χ0n) is 11.8. The van der Waals surface area contributed by atoms with Crippen LogP contribution in [0.2, 0.25) is 0 Å². The van der Waals surface area contributed by atoms with E-state index in [1.165, 1.54) is 0 Å². The van der Waals surface area contributed by atoms with Crippen LogP contribution in [0.1, 0.15) is 35.6 Å². The predicted molar refractivity (Wildman–Crippen MR) is 77.6 cm³/mol. The summed E-state index contributed by atoms with van der Waals surface area (Å²) in [7, 11) is 0. The number of rotatable bonds is 5. The second-order valence-electron chi connectivity index (χ2n) is 4.46. The zero-order valence-corrected chi connectivity index (χ0v) is 11.8. The first-order chi connectivity index (χ1) is 9.69. The molecule has 20 heavy (non-hydrogen) atoms. The van der Waals surface area contributed by atoms with Crippen LogP contribution in [-0.2, 0) is 19.6 Å². The minimum atomic E-state index is -0.208. The first-order valence-corrected chi connectivity index (χ1v) is 6.76. The Labute approximate surface area is 118 Å². The molecule has 0 unspecified atom stereocenters. The average Bonchev–Trinajstić information content (AvgIpc) is 2.91. The van der Waals surface area contributed by atoms with Gasteiger partial charge in [0.25, 0.3) is 5.91 Å². The van der Waals surface area contributed by atoms with E-state index in [-0.39, 0.29) is 12.5 Å². The molecule has 1 heterocycles. The Balaban J connectivity index is 2.26. The highest BCUT2D eigenvalue weighted by Crippen LogP contribution is 2.16. The molecule has 2 N–H and O–H groups in total. The van der Waals surface area contributed by atoms with Crippen LogP contribution in [0, 0.1) is 0 Å². The van der Waals surface area contributed by atoms with Crippen LogP contribution in [0.15, 0.2) is 30.3 Å². The van der Waals surface area contributed by atoms with Gasteiger partial charge in [0.2, 0.25) is 0 Å². The molecule has 0 saturated carbocycles. The number of aryl methyl sites for hydroxylation is 2. The van der Waals surface area contributed by atoms with Crippen molar-refractivity contribution in [2.45, 2.75) is 33.4 Å². The van der Waals surface area contributed by atoms with Crippen molar-refractivity contribution in [3.8, 4) is 0 Å². The van der Waals surface area contributed by atoms with Gasteiger partial charge in [-0.1, -0.05) is 25.1 Å². The van der Waals surface area contributed by atoms with Crippen molar-refractivity contribution in [1.82, 2.24) is 9.78 Å². The number of aliphatic hydroxyl groups excluding tert-OH is 1. The third-order valence-electron chi connectivity index (χ3n) is 3.16. The van der Waals surface area contributed by atoms with Gasteiger partial charge < -0.3 is 10.4 Å². The van der Waals surface area contributed by atoms with E-state index < -0.39 is 0 Å². The fourth-order valence-electron chi connectivity index (χ4n) is 2.03. The van der Waals surface area contributed by atoms with Crippen LogP contribution in [0.3, 0.4) is 0 Å². The summed E-state index contributed by atoms with van der Waals surface area (Å²) >= 11 is 0. The third kappa shape index (κ3) is 2.88. The first kappa shape index (κ1) is 14.3. The van der Waals surface area contributed by atoms with Crippen LogP contribution in [0.25, 0.3) is 0 Å². The van der Waals surface area contributed by atoms with Crippen LogP contribution < -0.4 is 5.32 Å². The van der Waals surface area contributed by atoms with Crippen molar-refractivity contribution >= 4 is 11.6 Å². The number of hydrogen-bond acceptors (Lipinski definition) is 3. The van der Waals surface area contributed by atoms with Gasteiger partial charge in [0, 0.05) is 17.8 Å². The molecule has 1 amide bonds. The molecule has 106 valence electrons. The topological polar surface area (TPSA) is 67.2 Å². The highest BCUT2D eigenvalue weighted by atomic mass is 16.3. The Kier molecular flexibility index (Phi) is 4.53. The minimum absolute atomic E-state index is 0.107. The Morgan fingerprint density at radius 1 is 1.35 bits per heavy atom. The number of carbonyl (C=O) groups excluding carboxylic acids is 1. The molecule has 5 heteroatoms. The molecule has 0 radical (unpaired) electrons. The average molecular weight is 273 g/mol. The molecular formula is C15H19N3O2. The van der Waals surface area contributed by atoms with Crippen LogP contribution in [0.5, 0.6) is 0 Å². The van der Waals surface area contributed by atoms with Crippen LogP contribution in [-0.4, -0.2) is 20.8 Å². The lowest BCUT2D eigenvalue weighted by Crippen LogP contribution is -2.18. The molecule has 2 rings (SSSR count). The van der Waals surface area contributed by atoms with Gasteiger partial charge in [-0.25, -0.2) is 0 Å². The van der Waals surface area contributed by atoms with Crippen molar-refractivity contribution < 1.29 is 9.90 Å². The van der Waals surface area contributed by atoms with Crippen LogP contribution in [0.4, 0.5) is 5.69 Å². The molecule has 0 spiro atoms. The van der Waals surface area contributed by atoms with Crippen molar-refractivity contribution in [2.24, 2.45) is 0 Å². The molecular weight excluding hydrogens is 254 g/mol. The molecule has 0 bridgehead atoms. The van der Waals surface area contributed by atoms with E-state index >= 15 is 0 Å². The molecule has 1 aromatic heterocycles. The summed E-state index contributed by atoms with van der Waals surface area (Å²) in [6, 6.07) is 9.01. The highest BCUT2D eigenvalue weighted by molar-refractivity contribution is 6.03. The molecule has 0 aliphatic rings. The number of aliphatic hydroxyl groups is 1. The maximum absolute atomic E-state index is 12.3. The molecule has 5 nitrogen and oxygen atoms in total. The number of carbonyl (C=O) groups is 1. The van der Waals surface area contributed by atoms with Crippen LogP contribution >= 0.6 is 0 Å². The van der Waals surface area contributed by atoms with Gasteiger partial charge in [-0.3, -0.25) is 9.48 Å². The van der Waals surface area contributed by atoms with Crippen molar-refractivity contribution in [3.05, 3.63) is 47.3 Å². The van der Waals surface area contributed by atoms with Crippen molar-refractivity contribution in [3.63, 3.8) is 0 Å². The molecule has 0 fully saturated rings. The minimum Gasteiger partial charge on any atom is -0.392 e. The van der Waals surface area contributed by atoms with Gasteiger partial charge in [-0.15, -0.1) is 0 Å². The number of aromatic nitrogens is 2. The normalized spacial score (nSPS) is 10.6. The second-order valence-corrected chi connectivity index (χ2v) is 4.46. The fraction of sp³-hybridized carbons (Fsp3) is 0.333. The highest BCUT2D eigenvalue weighted by Gasteiger charge is 2.15. The summed E-state index contributed by atoms with van der Waals surface area (Å²) in [4.78, 5) is 12.3. The van der Waals surface area contributed by atoms with Crippen molar-refractivity contribution in [1.29, 1.82) is 0 Å². The summed E-state index contributed by atoms with van der Waals surface area (Å²) in [5.41, 5.74) is 2.76. The lowest BCUT2D eigenvalue weighted by atomic mass is 10.2. The Morgan fingerprint density at radius 3 is 2.75 bits per heavy atom. The lowest BCUT2D eigenvalue weighted by molar-refractivity contribution is 0.101. The third-order valence-corrected chi connectivity index (χ3v) is 3.16. The molecule has 0 aliphatic carbocycles. The van der Waals surface area contributed by atoms with E-state index in [1.54, 1.807) is 22.9 Å². The quantitative estimate of drug-likeness (QED) is 0.877. The summed E-state index contributed by atoms with van der Waals surface area (Å²) in [6.45, 7) is 4.49. The maximum Gasteiger partial charge on any atom is 0.273 e. The number of anilines is 1. The number of hydrogen-bond donors (Lipinski definition) is 2. The monoisotopic (exact) mass is 273 g/mol. The largest absolute Gasteiger partial charge is 0.392 e. The number of nitrogens with one attached hydrogen (secondary N) is 1. The summed E-state index contributed by atoms with van der Waals surface area (Å²) in [5, 5.41) is 16.5. The predicted octanol–water partition coefficient (Wildman–Crippen LogP) is 2.21. The fourth-order valence-corrected chi connectivity index (χ4v) is 2.03. The van der Waals surface area contributed by atoms with Gasteiger partial charge >= 0.3 is 0 Å². The number of nitrogens with zero attached hydrogens (tertiary/aromatic N) is 2. The Hall–Kier alpha value is -2.14. The molecule has 1 aromatic carbocycles. The zero-order chi connectivity index (χ0) is 14.5. The summed E-state index contributed by atoms with van der Waals surface area (Å²) in [5.74, 6) is -0.208. The summed E-state index contributed by atoms with van der Waals surface area (Å²) in [6.07, 6.45) is 0.792. The summed E-state index contributed by atoms with van der Waals surface area (Å²) < 4.78 is 1.69. The molecule has 2 aromatic rings. The standard InChI is InChI=1S/C15H19N3O2/c1-3-12-9-14(18(4-2)17-12)15(20)16-13-8-6-5-7-11(13)10-19/h5-9,19H,3-4,10H2,1-2H3,(H,16,20). The molecule has 0 saturated heterocycles. The maximum atomic E-state index is 12.3. The lowest BCUT2D eigenvalue weighted by Gasteiger charge is -2.09. The van der Waals surface area contributed by atoms with Gasteiger partial charge in [-0.2, -0.15) is 5.10 Å². The Morgan fingerprint density at radius 2 is 2.10 bits per heavy atom. The SMILES string of the molecule is CCc1cc(C(=O)Nc2ccccc2CO)n(CC)n1. The van der Waals surface area contributed by atoms with E-state index in [0.717, 1.165) is 12.1 Å². The van der Waals surface area contributed by atoms with E-state index in [2.05, 4.69) is 10.4 Å².